The van der Waals surface area contributed by atoms with Gasteiger partial charge in [0.05, 0.1) is 0 Å². The first-order valence-electron chi connectivity index (χ1n) is 7.85. The number of carbonyl (C=O) groups is 2. The van der Waals surface area contributed by atoms with Crippen LogP contribution in [-0.4, -0.2) is 22.6 Å². The van der Waals surface area contributed by atoms with E-state index in [1.807, 2.05) is 20.8 Å². The van der Waals surface area contributed by atoms with Crippen LogP contribution in [-0.2, 0) is 9.59 Å². The molecule has 1 aliphatic carbocycles. The maximum atomic E-state index is 12.7. The maximum Gasteiger partial charge on any atom is 0.148 e. The molecule has 1 aromatic rings. The van der Waals surface area contributed by atoms with E-state index >= 15 is 0 Å². The number of rotatable bonds is 3. The number of hydrogen-bond donors (Lipinski definition) is 0. The summed E-state index contributed by atoms with van der Waals surface area (Å²) in [5, 5.41) is 0. The molecule has 120 valence electrons. The number of hydrogen-bond acceptors (Lipinski definition) is 3. The van der Waals surface area contributed by atoms with Crippen molar-refractivity contribution in [1.29, 1.82) is 0 Å². The molecule has 0 N–H and O–H groups in total. The zero-order chi connectivity index (χ0) is 16.7. The standard InChI is InChI=1S/C19H26O2S/c1-11-7-12(2)17(13(3)8-11)18-15(20)9-14(10-16(18)21)19(4,5)22-6/h7-8,14,18H,9-10H2,1-6H3. The molecule has 0 bridgehead atoms. The zero-order valence-electron chi connectivity index (χ0n) is 14.4. The molecule has 0 heterocycles. The summed E-state index contributed by atoms with van der Waals surface area (Å²) in [5.41, 5.74) is 4.25. The summed E-state index contributed by atoms with van der Waals surface area (Å²) >= 11 is 1.74. The lowest BCUT2D eigenvalue weighted by atomic mass is 9.71. The van der Waals surface area contributed by atoms with Crippen LogP contribution in [0.2, 0.25) is 0 Å². The van der Waals surface area contributed by atoms with Crippen LogP contribution in [0.15, 0.2) is 12.1 Å². The Morgan fingerprint density at radius 2 is 1.45 bits per heavy atom. The summed E-state index contributed by atoms with van der Waals surface area (Å²) in [7, 11) is 0. The van der Waals surface area contributed by atoms with Gasteiger partial charge in [-0.2, -0.15) is 11.8 Å². The van der Waals surface area contributed by atoms with Gasteiger partial charge in [0, 0.05) is 17.6 Å². The van der Waals surface area contributed by atoms with E-state index in [-0.39, 0.29) is 22.2 Å². The second kappa shape index (κ2) is 6.19. The van der Waals surface area contributed by atoms with Crippen LogP contribution in [0.4, 0.5) is 0 Å². The highest BCUT2D eigenvalue weighted by Gasteiger charge is 2.42. The summed E-state index contributed by atoms with van der Waals surface area (Å²) in [4.78, 5) is 25.5. The van der Waals surface area contributed by atoms with E-state index in [1.165, 1.54) is 5.56 Å². The molecular weight excluding hydrogens is 292 g/mol. The molecule has 1 aromatic carbocycles. The third-order valence-electron chi connectivity index (χ3n) is 5.08. The lowest BCUT2D eigenvalue weighted by Gasteiger charge is -2.37. The van der Waals surface area contributed by atoms with Crippen molar-refractivity contribution < 1.29 is 9.59 Å². The molecule has 1 aliphatic rings. The first-order chi connectivity index (χ1) is 10.2. The monoisotopic (exact) mass is 318 g/mol. The van der Waals surface area contributed by atoms with E-state index in [9.17, 15) is 9.59 Å². The second-order valence-electron chi connectivity index (χ2n) is 7.09. The Labute approximate surface area is 138 Å². The minimum Gasteiger partial charge on any atom is -0.299 e. The summed E-state index contributed by atoms with van der Waals surface area (Å²) in [6.07, 6.45) is 3.07. The summed E-state index contributed by atoms with van der Waals surface area (Å²) in [6.45, 7) is 10.3. The minimum absolute atomic E-state index is 0.0341. The second-order valence-corrected chi connectivity index (χ2v) is 8.55. The van der Waals surface area contributed by atoms with Crippen molar-refractivity contribution in [1.82, 2.24) is 0 Å². The Kier molecular flexibility index (Phi) is 4.86. The van der Waals surface area contributed by atoms with Gasteiger partial charge in [-0.05, 0) is 49.6 Å². The Bertz CT molecular complexity index is 575. The van der Waals surface area contributed by atoms with Crippen LogP contribution in [0.5, 0.6) is 0 Å². The Hall–Kier alpha value is -1.09. The van der Waals surface area contributed by atoms with Gasteiger partial charge in [0.2, 0.25) is 0 Å². The van der Waals surface area contributed by atoms with Crippen LogP contribution in [0.1, 0.15) is 54.9 Å². The Balaban J connectivity index is 2.37. The Morgan fingerprint density at radius 3 is 1.86 bits per heavy atom. The predicted molar refractivity (Wildman–Crippen MR) is 93.7 cm³/mol. The van der Waals surface area contributed by atoms with Gasteiger partial charge >= 0.3 is 0 Å². The van der Waals surface area contributed by atoms with Crippen molar-refractivity contribution in [3.63, 3.8) is 0 Å². The van der Waals surface area contributed by atoms with Crippen molar-refractivity contribution in [2.45, 2.75) is 58.1 Å². The molecule has 1 fully saturated rings. The molecule has 0 atom stereocenters. The first-order valence-corrected chi connectivity index (χ1v) is 9.08. The largest absolute Gasteiger partial charge is 0.299 e. The molecular formula is C19H26O2S. The van der Waals surface area contributed by atoms with Gasteiger partial charge in [-0.25, -0.2) is 0 Å². The first kappa shape index (κ1) is 17.3. The van der Waals surface area contributed by atoms with Crippen molar-refractivity contribution in [3.05, 3.63) is 34.4 Å². The van der Waals surface area contributed by atoms with Gasteiger partial charge < -0.3 is 0 Å². The molecule has 2 nitrogen and oxygen atoms in total. The smallest absolute Gasteiger partial charge is 0.148 e. The van der Waals surface area contributed by atoms with Gasteiger partial charge in [0.15, 0.2) is 0 Å². The van der Waals surface area contributed by atoms with E-state index in [2.05, 4.69) is 32.2 Å². The van der Waals surface area contributed by atoms with Crippen LogP contribution in [0.25, 0.3) is 0 Å². The molecule has 0 saturated heterocycles. The number of carbonyl (C=O) groups excluding carboxylic acids is 2. The molecule has 0 radical (unpaired) electrons. The van der Waals surface area contributed by atoms with Gasteiger partial charge in [0.25, 0.3) is 0 Å². The van der Waals surface area contributed by atoms with Gasteiger partial charge in [-0.3, -0.25) is 9.59 Å². The van der Waals surface area contributed by atoms with Gasteiger partial charge in [-0.1, -0.05) is 31.5 Å². The van der Waals surface area contributed by atoms with E-state index in [0.29, 0.717) is 12.8 Å². The molecule has 0 aromatic heterocycles. The molecule has 1 saturated carbocycles. The lowest BCUT2D eigenvalue weighted by Crippen LogP contribution is -2.40. The molecule has 0 unspecified atom stereocenters. The number of benzene rings is 1. The quantitative estimate of drug-likeness (QED) is 0.775. The van der Waals surface area contributed by atoms with Gasteiger partial charge in [0.1, 0.15) is 17.5 Å². The predicted octanol–water partition coefficient (Wildman–Crippen LogP) is 4.39. The number of ketones is 2. The zero-order valence-corrected chi connectivity index (χ0v) is 15.3. The number of aryl methyl sites for hydroxylation is 3. The Morgan fingerprint density at radius 1 is 1.00 bits per heavy atom. The maximum absolute atomic E-state index is 12.7. The highest BCUT2D eigenvalue weighted by Crippen LogP contribution is 2.42. The van der Waals surface area contributed by atoms with E-state index in [4.69, 9.17) is 0 Å². The average molecular weight is 318 g/mol. The lowest BCUT2D eigenvalue weighted by molar-refractivity contribution is -0.134. The molecule has 3 heteroatoms. The van der Waals surface area contributed by atoms with Crippen LogP contribution in [0.3, 0.4) is 0 Å². The molecule has 22 heavy (non-hydrogen) atoms. The highest BCUT2D eigenvalue weighted by atomic mass is 32.2. The summed E-state index contributed by atoms with van der Waals surface area (Å²) < 4.78 is -0.0341. The van der Waals surface area contributed by atoms with Crippen LogP contribution >= 0.6 is 11.8 Å². The molecule has 0 amide bonds. The third-order valence-corrected chi connectivity index (χ3v) is 6.46. The average Bonchev–Trinajstić information content (AvgIpc) is 2.40. The third kappa shape index (κ3) is 3.15. The topological polar surface area (TPSA) is 34.1 Å². The van der Waals surface area contributed by atoms with E-state index in [1.54, 1.807) is 11.8 Å². The summed E-state index contributed by atoms with van der Waals surface area (Å²) in [5.74, 6) is -0.212. The van der Waals surface area contributed by atoms with Crippen molar-refractivity contribution in [2.75, 3.05) is 6.26 Å². The number of Topliss-reactive ketones (excluding diaryl/α,β-unsaturated/α-hetero) is 2. The fourth-order valence-corrected chi connectivity index (χ4v) is 4.10. The van der Waals surface area contributed by atoms with Crippen LogP contribution in [0, 0.1) is 26.7 Å². The normalized spacial score (nSPS) is 23.0. The molecule has 0 aliphatic heterocycles. The number of thioether (sulfide) groups is 1. The fraction of sp³-hybridized carbons (Fsp3) is 0.579. The van der Waals surface area contributed by atoms with E-state index < -0.39 is 5.92 Å². The van der Waals surface area contributed by atoms with Crippen LogP contribution < -0.4 is 0 Å². The molecule has 2 rings (SSSR count). The van der Waals surface area contributed by atoms with Gasteiger partial charge in [-0.15, -0.1) is 0 Å². The minimum atomic E-state index is -0.547. The SMILES string of the molecule is CSC(C)(C)C1CC(=O)C(c2c(C)cc(C)cc2C)C(=O)C1. The van der Waals surface area contributed by atoms with E-state index in [0.717, 1.165) is 16.7 Å². The van der Waals surface area contributed by atoms with Crippen molar-refractivity contribution in [3.8, 4) is 0 Å². The highest BCUT2D eigenvalue weighted by molar-refractivity contribution is 7.99. The molecule has 0 spiro atoms. The van der Waals surface area contributed by atoms with Crippen molar-refractivity contribution >= 4 is 23.3 Å². The summed E-state index contributed by atoms with van der Waals surface area (Å²) in [6, 6.07) is 4.14. The fourth-order valence-electron chi connectivity index (χ4n) is 3.60. The van der Waals surface area contributed by atoms with Crippen molar-refractivity contribution in [2.24, 2.45) is 5.92 Å².